The molecule has 0 spiro atoms. The Morgan fingerprint density at radius 1 is 1.03 bits per heavy atom. The number of benzene rings is 2. The number of para-hydroxylation sites is 1. The maximum absolute atomic E-state index is 6.02. The molecule has 0 radical (unpaired) electrons. The summed E-state index contributed by atoms with van der Waals surface area (Å²) in [5, 5.41) is 1.16. The first kappa shape index (κ1) is 20.9. The van der Waals surface area contributed by atoms with Gasteiger partial charge in [0.25, 0.3) is 0 Å². The summed E-state index contributed by atoms with van der Waals surface area (Å²) >= 11 is 7.30. The quantitative estimate of drug-likeness (QED) is 0.463. The summed E-state index contributed by atoms with van der Waals surface area (Å²) in [5.41, 5.74) is 2.36. The van der Waals surface area contributed by atoms with Gasteiger partial charge in [-0.1, -0.05) is 36.5 Å². The number of hydrogen-bond donors (Lipinski definition) is 0. The second kappa shape index (κ2) is 9.63. The number of thiazole rings is 1. The predicted octanol–water partition coefficient (Wildman–Crippen LogP) is 5.15. The number of nitrogens with zero attached hydrogens (tertiary/aromatic N) is 3. The summed E-state index contributed by atoms with van der Waals surface area (Å²) < 4.78 is 7.27. The summed E-state index contributed by atoms with van der Waals surface area (Å²) in [7, 11) is 0. The summed E-state index contributed by atoms with van der Waals surface area (Å²) in [5.74, 6) is 0.949. The van der Waals surface area contributed by atoms with Crippen LogP contribution in [0.2, 0.25) is 0 Å². The smallest absolute Gasteiger partial charge is 0.119 e. The molecule has 0 aliphatic carbocycles. The molecular weight excluding hydrogens is 422 g/mol. The number of fused-ring (bicyclic) bond motifs is 1. The maximum atomic E-state index is 6.02. The van der Waals surface area contributed by atoms with Crippen LogP contribution in [0.4, 0.5) is 0 Å². The first-order chi connectivity index (χ1) is 15.2. The van der Waals surface area contributed by atoms with Crippen molar-refractivity contribution in [2.45, 2.75) is 38.1 Å². The highest BCUT2D eigenvalue weighted by molar-refractivity contribution is 7.80. The van der Waals surface area contributed by atoms with Crippen LogP contribution in [0.25, 0.3) is 10.2 Å². The first-order valence-corrected chi connectivity index (χ1v) is 12.5. The third-order valence-corrected chi connectivity index (χ3v) is 7.88. The second-order valence-electron chi connectivity index (χ2n) is 8.51. The van der Waals surface area contributed by atoms with Gasteiger partial charge in [-0.15, -0.1) is 11.3 Å². The molecule has 0 saturated carbocycles. The van der Waals surface area contributed by atoms with Crippen molar-refractivity contribution in [1.82, 2.24) is 14.8 Å². The Hall–Kier alpha value is -2.02. The standard InChI is InChI=1S/C25H29N3OS2/c30-25-6-3-13-28(25)20-11-14-27(15-12-20)16-17-29-21-9-7-19(8-10-21)18-24-26-22-4-1-2-5-23(22)31-24/h1-2,4-5,7-10,20H,3,6,11-18H2. The molecule has 2 fully saturated rings. The molecule has 2 aliphatic heterocycles. The molecule has 0 bridgehead atoms. The molecule has 3 heterocycles. The Labute approximate surface area is 193 Å². The molecule has 0 N–H and O–H groups in total. The van der Waals surface area contributed by atoms with Crippen molar-refractivity contribution in [2.24, 2.45) is 0 Å². The van der Waals surface area contributed by atoms with Gasteiger partial charge >= 0.3 is 0 Å². The Morgan fingerprint density at radius 2 is 1.84 bits per heavy atom. The molecule has 0 amide bonds. The van der Waals surface area contributed by atoms with Gasteiger partial charge in [-0.2, -0.15) is 0 Å². The number of ether oxygens (including phenoxy) is 1. The van der Waals surface area contributed by atoms with Crippen LogP contribution in [0.1, 0.15) is 36.3 Å². The Bertz CT molecular complexity index is 992. The molecule has 31 heavy (non-hydrogen) atoms. The zero-order valence-electron chi connectivity index (χ0n) is 17.8. The molecule has 0 unspecified atom stereocenters. The van der Waals surface area contributed by atoms with Crippen LogP contribution in [0.3, 0.4) is 0 Å². The largest absolute Gasteiger partial charge is 0.492 e. The van der Waals surface area contributed by atoms with Gasteiger partial charge in [-0.25, -0.2) is 4.98 Å². The van der Waals surface area contributed by atoms with E-state index < -0.39 is 0 Å². The lowest BCUT2D eigenvalue weighted by molar-refractivity contribution is 0.139. The van der Waals surface area contributed by atoms with Crippen LogP contribution in [-0.4, -0.2) is 58.6 Å². The third kappa shape index (κ3) is 5.08. The fourth-order valence-electron chi connectivity index (χ4n) is 4.68. The predicted molar refractivity (Wildman–Crippen MR) is 132 cm³/mol. The molecule has 3 aromatic rings. The van der Waals surface area contributed by atoms with E-state index in [0.717, 1.165) is 55.4 Å². The van der Waals surface area contributed by atoms with E-state index in [9.17, 15) is 0 Å². The molecule has 5 rings (SSSR count). The van der Waals surface area contributed by atoms with E-state index in [4.69, 9.17) is 21.9 Å². The minimum Gasteiger partial charge on any atom is -0.492 e. The summed E-state index contributed by atoms with van der Waals surface area (Å²) in [6.07, 6.45) is 5.67. The van der Waals surface area contributed by atoms with Crippen LogP contribution in [0, 0.1) is 0 Å². The van der Waals surface area contributed by atoms with Crippen LogP contribution in [-0.2, 0) is 6.42 Å². The van der Waals surface area contributed by atoms with E-state index in [1.807, 2.05) is 6.07 Å². The topological polar surface area (TPSA) is 28.6 Å². The molecular formula is C25H29N3OS2. The number of piperidine rings is 1. The van der Waals surface area contributed by atoms with Crippen LogP contribution >= 0.6 is 23.6 Å². The average Bonchev–Trinajstić information content (AvgIpc) is 3.41. The third-order valence-electron chi connectivity index (χ3n) is 6.40. The number of aromatic nitrogens is 1. The van der Waals surface area contributed by atoms with Gasteiger partial charge in [0.15, 0.2) is 0 Å². The van der Waals surface area contributed by atoms with Gasteiger partial charge < -0.3 is 9.64 Å². The van der Waals surface area contributed by atoms with Crippen molar-refractivity contribution in [3.63, 3.8) is 0 Å². The van der Waals surface area contributed by atoms with E-state index in [0.29, 0.717) is 6.04 Å². The second-order valence-corrected chi connectivity index (χ2v) is 10.1. The summed E-state index contributed by atoms with van der Waals surface area (Å²) in [6.45, 7) is 5.19. The van der Waals surface area contributed by atoms with Crippen molar-refractivity contribution < 1.29 is 4.74 Å². The molecule has 4 nitrogen and oxygen atoms in total. The Morgan fingerprint density at radius 3 is 2.58 bits per heavy atom. The van der Waals surface area contributed by atoms with E-state index in [1.54, 1.807) is 11.3 Å². The van der Waals surface area contributed by atoms with Crippen molar-refractivity contribution in [2.75, 3.05) is 32.8 Å². The maximum Gasteiger partial charge on any atom is 0.119 e. The van der Waals surface area contributed by atoms with Gasteiger partial charge in [0, 0.05) is 38.6 Å². The monoisotopic (exact) mass is 451 g/mol. The summed E-state index contributed by atoms with van der Waals surface area (Å²) in [4.78, 5) is 10.9. The number of hydrogen-bond acceptors (Lipinski definition) is 5. The van der Waals surface area contributed by atoms with Crippen LogP contribution < -0.4 is 4.74 Å². The normalized spacial score (nSPS) is 18.2. The minimum absolute atomic E-state index is 0.662. The van der Waals surface area contributed by atoms with Crippen LogP contribution in [0.5, 0.6) is 5.75 Å². The first-order valence-electron chi connectivity index (χ1n) is 11.3. The van der Waals surface area contributed by atoms with E-state index in [1.165, 1.54) is 41.1 Å². The molecule has 1 aromatic heterocycles. The highest BCUT2D eigenvalue weighted by atomic mass is 32.1. The highest BCUT2D eigenvalue weighted by Crippen LogP contribution is 2.25. The number of likely N-dealkylation sites (tertiary alicyclic amines) is 2. The van der Waals surface area contributed by atoms with Crippen molar-refractivity contribution >= 4 is 38.8 Å². The van der Waals surface area contributed by atoms with Crippen molar-refractivity contribution in [1.29, 1.82) is 0 Å². The SMILES string of the molecule is S=C1CCCN1C1CCN(CCOc2ccc(Cc3nc4ccccc4s3)cc2)CC1. The fraction of sp³-hybridized carbons (Fsp3) is 0.440. The molecule has 2 aliphatic rings. The lowest BCUT2D eigenvalue weighted by atomic mass is 10.0. The van der Waals surface area contributed by atoms with E-state index in [-0.39, 0.29) is 0 Å². The zero-order valence-corrected chi connectivity index (χ0v) is 19.5. The number of rotatable bonds is 7. The highest BCUT2D eigenvalue weighted by Gasteiger charge is 2.28. The number of thiocarbonyl (C=S) groups is 1. The van der Waals surface area contributed by atoms with E-state index in [2.05, 4.69) is 52.3 Å². The average molecular weight is 452 g/mol. The van der Waals surface area contributed by atoms with Gasteiger partial charge in [0.2, 0.25) is 0 Å². The van der Waals surface area contributed by atoms with Crippen molar-refractivity contribution in [3.05, 3.63) is 59.1 Å². The van der Waals surface area contributed by atoms with Crippen LogP contribution in [0.15, 0.2) is 48.5 Å². The molecule has 162 valence electrons. The Kier molecular flexibility index (Phi) is 6.48. The molecule has 0 atom stereocenters. The van der Waals surface area contributed by atoms with Gasteiger partial charge in [-0.3, -0.25) is 4.90 Å². The summed E-state index contributed by atoms with van der Waals surface area (Å²) in [6, 6.07) is 17.5. The molecule has 2 saturated heterocycles. The van der Waals surface area contributed by atoms with Gasteiger partial charge in [-0.05, 0) is 55.5 Å². The molecule has 2 aromatic carbocycles. The zero-order chi connectivity index (χ0) is 21.0. The van der Waals surface area contributed by atoms with E-state index >= 15 is 0 Å². The fourth-order valence-corrected chi connectivity index (χ4v) is 6.06. The lowest BCUT2D eigenvalue weighted by Crippen LogP contribution is -2.45. The lowest BCUT2D eigenvalue weighted by Gasteiger charge is -2.37. The Balaban J connectivity index is 1.06. The van der Waals surface area contributed by atoms with Gasteiger partial charge in [0.1, 0.15) is 12.4 Å². The van der Waals surface area contributed by atoms with Crippen molar-refractivity contribution in [3.8, 4) is 5.75 Å². The minimum atomic E-state index is 0.662. The molecule has 6 heteroatoms. The van der Waals surface area contributed by atoms with Gasteiger partial charge in [0.05, 0.1) is 20.2 Å².